The van der Waals surface area contributed by atoms with Crippen LogP contribution in [0.5, 0.6) is 17.2 Å². The summed E-state index contributed by atoms with van der Waals surface area (Å²) < 4.78 is 21.3. The highest BCUT2D eigenvalue weighted by Crippen LogP contribution is 2.34. The quantitative estimate of drug-likeness (QED) is 0.743. The molecule has 0 spiro atoms. The summed E-state index contributed by atoms with van der Waals surface area (Å²) in [5.74, 6) is 1.82. The highest BCUT2D eigenvalue weighted by atomic mass is 16.7. The van der Waals surface area contributed by atoms with Crippen LogP contribution in [0.4, 0.5) is 0 Å². The van der Waals surface area contributed by atoms with Gasteiger partial charge < -0.3 is 24.3 Å². The minimum atomic E-state index is -0.121. The number of ether oxygens (including phenoxy) is 4. The maximum absolute atomic E-state index is 11.8. The van der Waals surface area contributed by atoms with Crippen LogP contribution >= 0.6 is 0 Å². The van der Waals surface area contributed by atoms with Crippen LogP contribution in [0.15, 0.2) is 18.2 Å². The first-order chi connectivity index (χ1) is 11.3. The molecule has 2 aliphatic rings. The third-order valence-electron chi connectivity index (χ3n) is 3.79. The van der Waals surface area contributed by atoms with Crippen LogP contribution in [0.1, 0.15) is 6.42 Å². The Bertz CT molecular complexity index is 531. The smallest absolute Gasteiger partial charge is 0.257 e. The van der Waals surface area contributed by atoms with Gasteiger partial charge in [-0.3, -0.25) is 9.69 Å². The second-order valence-corrected chi connectivity index (χ2v) is 5.46. The summed E-state index contributed by atoms with van der Waals surface area (Å²) in [4.78, 5) is 14.1. The molecule has 1 aromatic carbocycles. The molecular formula is C16H22N2O5. The zero-order chi connectivity index (χ0) is 15.9. The molecule has 0 aliphatic carbocycles. The van der Waals surface area contributed by atoms with Gasteiger partial charge in [-0.05, 0) is 25.1 Å². The lowest BCUT2D eigenvalue weighted by Gasteiger charge is -2.26. The maximum atomic E-state index is 11.8. The summed E-state index contributed by atoms with van der Waals surface area (Å²) in [6.07, 6.45) is 0.926. The molecule has 23 heavy (non-hydrogen) atoms. The van der Waals surface area contributed by atoms with Crippen molar-refractivity contribution < 1.29 is 23.7 Å². The van der Waals surface area contributed by atoms with Crippen molar-refractivity contribution in [2.75, 3.05) is 52.8 Å². The average Bonchev–Trinajstić information content (AvgIpc) is 3.05. The minimum Gasteiger partial charge on any atom is -0.484 e. The lowest BCUT2D eigenvalue weighted by molar-refractivity contribution is -0.123. The van der Waals surface area contributed by atoms with E-state index in [1.807, 2.05) is 0 Å². The number of benzene rings is 1. The second-order valence-electron chi connectivity index (χ2n) is 5.46. The predicted molar refractivity (Wildman–Crippen MR) is 82.9 cm³/mol. The van der Waals surface area contributed by atoms with Crippen molar-refractivity contribution in [3.05, 3.63) is 18.2 Å². The maximum Gasteiger partial charge on any atom is 0.257 e. The van der Waals surface area contributed by atoms with Gasteiger partial charge in [0.15, 0.2) is 18.1 Å². The molecule has 0 aromatic heterocycles. The van der Waals surface area contributed by atoms with Crippen molar-refractivity contribution in [3.8, 4) is 17.2 Å². The molecule has 3 rings (SSSR count). The van der Waals surface area contributed by atoms with Crippen LogP contribution in [-0.2, 0) is 9.53 Å². The van der Waals surface area contributed by atoms with Gasteiger partial charge >= 0.3 is 0 Å². The zero-order valence-electron chi connectivity index (χ0n) is 13.1. The molecule has 1 aromatic rings. The van der Waals surface area contributed by atoms with E-state index >= 15 is 0 Å². The molecular weight excluding hydrogens is 300 g/mol. The van der Waals surface area contributed by atoms with Gasteiger partial charge in [-0.25, -0.2) is 0 Å². The molecule has 2 aliphatic heterocycles. The minimum absolute atomic E-state index is 0.00278. The molecule has 0 atom stereocenters. The Morgan fingerprint density at radius 2 is 2.04 bits per heavy atom. The number of rotatable bonds is 7. The first-order valence-electron chi connectivity index (χ1n) is 7.90. The van der Waals surface area contributed by atoms with E-state index in [2.05, 4.69) is 10.2 Å². The van der Waals surface area contributed by atoms with Crippen LogP contribution in [0.2, 0.25) is 0 Å². The molecule has 1 amide bonds. The Morgan fingerprint density at radius 3 is 2.91 bits per heavy atom. The van der Waals surface area contributed by atoms with Gasteiger partial charge in [0.1, 0.15) is 5.75 Å². The SMILES string of the molecule is O=C(COc1ccc2c(c1)OCO2)NCCCN1CCOCC1. The monoisotopic (exact) mass is 322 g/mol. The molecule has 7 nitrogen and oxygen atoms in total. The highest BCUT2D eigenvalue weighted by molar-refractivity contribution is 5.77. The van der Waals surface area contributed by atoms with Gasteiger partial charge in [-0.1, -0.05) is 0 Å². The van der Waals surface area contributed by atoms with E-state index in [4.69, 9.17) is 18.9 Å². The summed E-state index contributed by atoms with van der Waals surface area (Å²) >= 11 is 0. The predicted octanol–water partition coefficient (Wildman–Crippen LogP) is 0.633. The summed E-state index contributed by atoms with van der Waals surface area (Å²) in [7, 11) is 0. The molecule has 7 heteroatoms. The van der Waals surface area contributed by atoms with Crippen LogP contribution in [0.25, 0.3) is 0 Å². The molecule has 1 saturated heterocycles. The Balaban J connectivity index is 1.30. The molecule has 0 bridgehead atoms. The third kappa shape index (κ3) is 4.74. The number of hydrogen-bond acceptors (Lipinski definition) is 6. The molecule has 2 heterocycles. The Kier molecular flexibility index (Phi) is 5.55. The first-order valence-corrected chi connectivity index (χ1v) is 7.90. The highest BCUT2D eigenvalue weighted by Gasteiger charge is 2.14. The van der Waals surface area contributed by atoms with Crippen molar-refractivity contribution in [1.82, 2.24) is 10.2 Å². The number of carbonyl (C=O) groups excluding carboxylic acids is 1. The van der Waals surface area contributed by atoms with E-state index in [0.717, 1.165) is 39.3 Å². The van der Waals surface area contributed by atoms with E-state index in [0.29, 0.717) is 23.8 Å². The molecule has 1 N–H and O–H groups in total. The van der Waals surface area contributed by atoms with E-state index in [9.17, 15) is 4.79 Å². The normalized spacial score (nSPS) is 17.0. The summed E-state index contributed by atoms with van der Waals surface area (Å²) in [5, 5.41) is 2.87. The topological polar surface area (TPSA) is 69.3 Å². The van der Waals surface area contributed by atoms with E-state index < -0.39 is 0 Å². The van der Waals surface area contributed by atoms with E-state index in [1.54, 1.807) is 18.2 Å². The number of nitrogens with zero attached hydrogens (tertiary/aromatic N) is 1. The number of carbonyl (C=O) groups is 1. The van der Waals surface area contributed by atoms with E-state index in [1.165, 1.54) is 0 Å². The molecule has 126 valence electrons. The molecule has 1 fully saturated rings. The summed E-state index contributed by atoms with van der Waals surface area (Å²) in [5.41, 5.74) is 0. The van der Waals surface area contributed by atoms with E-state index in [-0.39, 0.29) is 19.3 Å². The number of hydrogen-bond donors (Lipinski definition) is 1. The number of amides is 1. The van der Waals surface area contributed by atoms with Crippen molar-refractivity contribution in [1.29, 1.82) is 0 Å². The standard InChI is InChI=1S/C16H22N2O5/c19-16(17-4-1-5-18-6-8-20-9-7-18)11-21-13-2-3-14-15(10-13)23-12-22-14/h2-3,10H,1,4-9,11-12H2,(H,17,19). The number of nitrogens with one attached hydrogen (secondary N) is 1. The Morgan fingerprint density at radius 1 is 1.22 bits per heavy atom. The summed E-state index contributed by atoms with van der Waals surface area (Å²) in [6.45, 7) is 5.40. The van der Waals surface area contributed by atoms with Crippen LogP contribution in [0.3, 0.4) is 0 Å². The van der Waals surface area contributed by atoms with Crippen LogP contribution < -0.4 is 19.5 Å². The largest absolute Gasteiger partial charge is 0.484 e. The van der Waals surface area contributed by atoms with Crippen molar-refractivity contribution in [2.45, 2.75) is 6.42 Å². The Labute approximate surface area is 135 Å². The van der Waals surface area contributed by atoms with Gasteiger partial charge in [-0.15, -0.1) is 0 Å². The second kappa shape index (κ2) is 8.03. The van der Waals surface area contributed by atoms with Gasteiger partial charge in [-0.2, -0.15) is 0 Å². The van der Waals surface area contributed by atoms with Crippen molar-refractivity contribution in [3.63, 3.8) is 0 Å². The van der Waals surface area contributed by atoms with Gasteiger partial charge in [0.25, 0.3) is 5.91 Å². The fourth-order valence-corrected chi connectivity index (χ4v) is 2.52. The molecule has 0 unspecified atom stereocenters. The van der Waals surface area contributed by atoms with Gasteiger partial charge in [0.2, 0.25) is 6.79 Å². The third-order valence-corrected chi connectivity index (χ3v) is 3.79. The molecule has 0 radical (unpaired) electrons. The van der Waals surface area contributed by atoms with Gasteiger partial charge in [0, 0.05) is 25.7 Å². The van der Waals surface area contributed by atoms with Crippen molar-refractivity contribution in [2.24, 2.45) is 0 Å². The average molecular weight is 322 g/mol. The lowest BCUT2D eigenvalue weighted by atomic mass is 10.3. The fraction of sp³-hybridized carbons (Fsp3) is 0.562. The number of fused-ring (bicyclic) bond motifs is 1. The first kappa shape index (κ1) is 15.9. The van der Waals surface area contributed by atoms with Crippen LogP contribution in [-0.4, -0.2) is 63.6 Å². The lowest BCUT2D eigenvalue weighted by Crippen LogP contribution is -2.38. The number of morpholine rings is 1. The van der Waals surface area contributed by atoms with Gasteiger partial charge in [0.05, 0.1) is 13.2 Å². The van der Waals surface area contributed by atoms with Crippen molar-refractivity contribution >= 4 is 5.91 Å². The Hall–Kier alpha value is -1.99. The fourth-order valence-electron chi connectivity index (χ4n) is 2.52. The van der Waals surface area contributed by atoms with Crippen LogP contribution in [0, 0.1) is 0 Å². The molecule has 0 saturated carbocycles. The zero-order valence-corrected chi connectivity index (χ0v) is 13.1. The summed E-state index contributed by atoms with van der Waals surface area (Å²) in [6, 6.07) is 5.27.